The molecule has 1 aromatic rings. The fourth-order valence-corrected chi connectivity index (χ4v) is 6.87. The lowest BCUT2D eigenvalue weighted by molar-refractivity contribution is 0.0451. The van der Waals surface area contributed by atoms with Crippen LogP contribution in [0.4, 0.5) is 0 Å². The third-order valence-electron chi connectivity index (χ3n) is 6.64. The van der Waals surface area contributed by atoms with Crippen molar-refractivity contribution in [1.29, 1.82) is 0 Å². The Morgan fingerprint density at radius 3 is 2.38 bits per heavy atom. The maximum atomic E-state index is 6.42. The van der Waals surface area contributed by atoms with Crippen molar-refractivity contribution >= 4 is 23.5 Å². The number of terminal acetylenes is 1. The van der Waals surface area contributed by atoms with E-state index in [0.717, 1.165) is 25.0 Å². The Morgan fingerprint density at radius 2 is 1.88 bits per heavy atom. The highest BCUT2D eigenvalue weighted by molar-refractivity contribution is 8.02. The van der Waals surface area contributed by atoms with E-state index in [1.54, 1.807) is 11.8 Å². The first-order chi connectivity index (χ1) is 16.6. The minimum Gasteiger partial charge on any atom is -0.494 e. The summed E-state index contributed by atoms with van der Waals surface area (Å²) in [5, 5.41) is 0.550. The average molecular weight is 501 g/mol. The van der Waals surface area contributed by atoms with E-state index >= 15 is 0 Å². The fraction of sp³-hybridized carbons (Fsp3) is 0.613. The molecule has 0 bridgehead atoms. The number of rotatable bonds is 14. The molecule has 3 unspecified atom stereocenters. The third-order valence-corrected chi connectivity index (χ3v) is 8.95. The van der Waals surface area contributed by atoms with Gasteiger partial charge in [-0.3, -0.25) is 0 Å². The van der Waals surface area contributed by atoms with Crippen LogP contribution in [0.25, 0.3) is 0 Å². The van der Waals surface area contributed by atoms with Crippen molar-refractivity contribution in [3.8, 4) is 12.3 Å². The molecule has 1 saturated heterocycles. The molecule has 1 aromatic carbocycles. The Labute approximate surface area is 220 Å². The minimum absolute atomic E-state index is 0.233. The van der Waals surface area contributed by atoms with Gasteiger partial charge in [0.2, 0.25) is 0 Å². The van der Waals surface area contributed by atoms with Crippen LogP contribution in [0.15, 0.2) is 53.7 Å². The second kappa shape index (κ2) is 19.0. The van der Waals surface area contributed by atoms with Gasteiger partial charge in [-0.25, -0.2) is 0 Å². The van der Waals surface area contributed by atoms with Crippen LogP contribution in [-0.4, -0.2) is 23.4 Å². The topological polar surface area (TPSA) is 9.23 Å². The van der Waals surface area contributed by atoms with Crippen LogP contribution in [0.3, 0.4) is 0 Å². The molecule has 1 aliphatic heterocycles. The number of benzene rings is 1. The van der Waals surface area contributed by atoms with Gasteiger partial charge >= 0.3 is 0 Å². The van der Waals surface area contributed by atoms with Gasteiger partial charge in [0.15, 0.2) is 0 Å². The van der Waals surface area contributed by atoms with E-state index < -0.39 is 0 Å². The third kappa shape index (κ3) is 11.0. The highest BCUT2D eigenvalue weighted by Crippen LogP contribution is 2.43. The van der Waals surface area contributed by atoms with Crippen molar-refractivity contribution in [3.63, 3.8) is 0 Å². The first-order valence-electron chi connectivity index (χ1n) is 13.3. The van der Waals surface area contributed by atoms with Crippen molar-refractivity contribution in [2.45, 2.75) is 96.8 Å². The van der Waals surface area contributed by atoms with Gasteiger partial charge < -0.3 is 4.74 Å². The van der Waals surface area contributed by atoms with Gasteiger partial charge in [-0.1, -0.05) is 83.4 Å². The molecule has 2 rings (SSSR count). The number of thioether (sulfide) groups is 2. The van der Waals surface area contributed by atoms with E-state index in [1.165, 1.54) is 54.7 Å². The van der Waals surface area contributed by atoms with Crippen LogP contribution < -0.4 is 0 Å². The van der Waals surface area contributed by atoms with E-state index in [2.05, 4.69) is 76.8 Å². The fourth-order valence-electron chi connectivity index (χ4n) is 4.59. The zero-order chi connectivity index (χ0) is 25.2. The number of hydrogen-bond acceptors (Lipinski definition) is 3. The second-order valence-corrected chi connectivity index (χ2v) is 11.2. The van der Waals surface area contributed by atoms with Crippen LogP contribution in [0.1, 0.15) is 84.6 Å². The normalized spacial score (nSPS) is 17.4. The summed E-state index contributed by atoms with van der Waals surface area (Å²) in [7, 11) is 0. The zero-order valence-corrected chi connectivity index (χ0v) is 24.0. The molecule has 1 aliphatic rings. The predicted molar refractivity (Wildman–Crippen MR) is 157 cm³/mol. The quantitative estimate of drug-likeness (QED) is 0.143. The summed E-state index contributed by atoms with van der Waals surface area (Å²) in [4.78, 5) is 1.22. The Balaban J connectivity index is 0.000000437. The summed E-state index contributed by atoms with van der Waals surface area (Å²) in [6.45, 7) is 13.3. The summed E-state index contributed by atoms with van der Waals surface area (Å²) in [6.07, 6.45) is 20.9. The predicted octanol–water partition coefficient (Wildman–Crippen LogP) is 9.54. The number of unbranched alkanes of at least 4 members (excludes halogenated alkanes) is 2. The van der Waals surface area contributed by atoms with Crippen LogP contribution in [0, 0.1) is 24.2 Å². The van der Waals surface area contributed by atoms with Crippen LogP contribution in [0.2, 0.25) is 0 Å². The van der Waals surface area contributed by atoms with E-state index in [0.29, 0.717) is 11.2 Å². The SMILES string of the molecule is C#C/C=C(\SC)C(C(=C)OC(CC)C(CC)CC)C1CCCS1.CCCCCc1ccccc1. The molecular weight excluding hydrogens is 452 g/mol. The molecule has 0 aliphatic carbocycles. The molecule has 0 N–H and O–H groups in total. The van der Waals surface area contributed by atoms with Crippen LogP contribution >= 0.6 is 23.5 Å². The second-order valence-electron chi connectivity index (χ2n) is 9.00. The number of allylic oxidation sites excluding steroid dienone is 2. The van der Waals surface area contributed by atoms with E-state index in [-0.39, 0.29) is 12.0 Å². The lowest BCUT2D eigenvalue weighted by atomic mass is 9.93. The Kier molecular flexibility index (Phi) is 17.2. The lowest BCUT2D eigenvalue weighted by Gasteiger charge is -2.32. The van der Waals surface area contributed by atoms with Crippen molar-refractivity contribution in [1.82, 2.24) is 0 Å². The first kappa shape index (κ1) is 30.8. The number of hydrogen-bond donors (Lipinski definition) is 0. The molecule has 0 radical (unpaired) electrons. The van der Waals surface area contributed by atoms with Crippen molar-refractivity contribution in [3.05, 3.63) is 59.2 Å². The number of ether oxygens (including phenoxy) is 1. The summed E-state index contributed by atoms with van der Waals surface area (Å²) in [6, 6.07) is 10.7. The van der Waals surface area contributed by atoms with Gasteiger partial charge in [0.25, 0.3) is 0 Å². The van der Waals surface area contributed by atoms with Crippen molar-refractivity contribution < 1.29 is 4.74 Å². The summed E-state index contributed by atoms with van der Waals surface area (Å²) in [5.41, 5.74) is 1.47. The molecule has 3 atom stereocenters. The Hall–Kier alpha value is -1.24. The van der Waals surface area contributed by atoms with Gasteiger partial charge in [-0.05, 0) is 74.5 Å². The van der Waals surface area contributed by atoms with Crippen LogP contribution in [0.5, 0.6) is 0 Å². The zero-order valence-electron chi connectivity index (χ0n) is 22.4. The maximum Gasteiger partial charge on any atom is 0.101 e. The highest BCUT2D eigenvalue weighted by Gasteiger charge is 2.33. The van der Waals surface area contributed by atoms with Crippen molar-refractivity contribution in [2.24, 2.45) is 11.8 Å². The highest BCUT2D eigenvalue weighted by atomic mass is 32.2. The van der Waals surface area contributed by atoms with Gasteiger partial charge in [-0.2, -0.15) is 11.8 Å². The summed E-state index contributed by atoms with van der Waals surface area (Å²) < 4.78 is 6.42. The van der Waals surface area contributed by atoms with E-state index in [9.17, 15) is 0 Å². The molecule has 34 heavy (non-hydrogen) atoms. The van der Waals surface area contributed by atoms with Gasteiger partial charge in [0, 0.05) is 10.2 Å². The van der Waals surface area contributed by atoms with Crippen molar-refractivity contribution in [2.75, 3.05) is 12.0 Å². The molecule has 0 amide bonds. The molecule has 1 fully saturated rings. The van der Waals surface area contributed by atoms with Crippen LogP contribution in [-0.2, 0) is 11.2 Å². The van der Waals surface area contributed by atoms with Gasteiger partial charge in [-0.15, -0.1) is 18.2 Å². The monoisotopic (exact) mass is 500 g/mol. The Bertz CT molecular complexity index is 724. The molecule has 0 aromatic heterocycles. The summed E-state index contributed by atoms with van der Waals surface area (Å²) in [5.74, 6) is 5.68. The van der Waals surface area contributed by atoms with Gasteiger partial charge in [0.05, 0.1) is 11.7 Å². The standard InChI is InChI=1S/C20H32OS2.C11H16/c1-7-12-18(22-6)20(19-13-11-14-23-19)15(5)21-17(10-4)16(8-2)9-3;1-2-3-5-8-11-9-6-4-7-10-11/h1,12,16-17,19-20H,5,8-11,13-14H2,2-4,6H3;4,6-7,9-10H,2-3,5,8H2,1H3/b18-12-;. The van der Waals surface area contributed by atoms with E-state index in [1.807, 2.05) is 17.8 Å². The molecular formula is C31H48OS2. The molecule has 1 heterocycles. The number of aryl methyl sites for hydroxylation is 1. The molecule has 0 spiro atoms. The molecule has 0 saturated carbocycles. The smallest absolute Gasteiger partial charge is 0.101 e. The molecule has 1 nitrogen and oxygen atoms in total. The lowest BCUT2D eigenvalue weighted by Crippen LogP contribution is -2.27. The molecule has 3 heteroatoms. The largest absolute Gasteiger partial charge is 0.494 e. The molecule has 190 valence electrons. The average Bonchev–Trinajstić information content (AvgIpc) is 3.39. The van der Waals surface area contributed by atoms with Gasteiger partial charge in [0.1, 0.15) is 6.10 Å². The summed E-state index contributed by atoms with van der Waals surface area (Å²) >= 11 is 3.78. The first-order valence-corrected chi connectivity index (χ1v) is 15.5. The van der Waals surface area contributed by atoms with E-state index in [4.69, 9.17) is 11.2 Å². The minimum atomic E-state index is 0.233. The maximum absolute atomic E-state index is 6.42. The Morgan fingerprint density at radius 1 is 1.18 bits per heavy atom.